The first-order valence-electron chi connectivity index (χ1n) is 4.66. The summed E-state index contributed by atoms with van der Waals surface area (Å²) in [5.74, 6) is -0.759. The first kappa shape index (κ1) is 14.9. The molecule has 1 N–H and O–H groups in total. The Hall–Kier alpha value is -1.11. The van der Waals surface area contributed by atoms with E-state index >= 15 is 0 Å². The molecule has 0 saturated heterocycles. The first-order valence-corrected chi connectivity index (χ1v) is 5.42. The fourth-order valence-electron chi connectivity index (χ4n) is 1.16. The predicted molar refractivity (Wildman–Crippen MR) is 63.6 cm³/mol. The Labute approximate surface area is 112 Å². The molecule has 0 bridgehead atoms. The van der Waals surface area contributed by atoms with E-state index in [1.807, 2.05) is 0 Å². The Balaban J connectivity index is 2.89. The lowest BCUT2D eigenvalue weighted by Crippen LogP contribution is -2.17. The van der Waals surface area contributed by atoms with Crippen LogP contribution < -0.4 is 10.1 Å². The van der Waals surface area contributed by atoms with Crippen molar-refractivity contribution in [2.75, 3.05) is 19.0 Å². The number of rotatable bonds is 5. The Morgan fingerprint density at radius 2 is 1.94 bits per heavy atom. The zero-order valence-corrected chi connectivity index (χ0v) is 10.7. The molecular formula is C10H9Cl2F2NO3. The zero-order valence-electron chi connectivity index (χ0n) is 9.18. The number of nitrogens with one attached hydrogen (secondary N) is 1. The second-order valence-electron chi connectivity index (χ2n) is 3.13. The van der Waals surface area contributed by atoms with Gasteiger partial charge in [-0.15, -0.1) is 0 Å². The van der Waals surface area contributed by atoms with Crippen LogP contribution in [0.25, 0.3) is 0 Å². The smallest absolute Gasteiger partial charge is 0.387 e. The van der Waals surface area contributed by atoms with Gasteiger partial charge in [0.1, 0.15) is 6.61 Å². The number of benzene rings is 1. The number of halogens is 4. The molecule has 1 rings (SSSR count). The molecule has 0 spiro atoms. The minimum absolute atomic E-state index is 0.129. The minimum atomic E-state index is -3.03. The molecule has 0 aliphatic rings. The van der Waals surface area contributed by atoms with Gasteiger partial charge in [0.15, 0.2) is 5.75 Å². The monoisotopic (exact) mass is 299 g/mol. The maximum Gasteiger partial charge on any atom is 0.387 e. The highest BCUT2D eigenvalue weighted by Crippen LogP contribution is 2.36. The van der Waals surface area contributed by atoms with Crippen molar-refractivity contribution in [1.82, 2.24) is 0 Å². The van der Waals surface area contributed by atoms with Gasteiger partial charge in [0.05, 0.1) is 10.0 Å². The molecule has 8 heteroatoms. The lowest BCUT2D eigenvalue weighted by Gasteiger charge is -2.11. The third-order valence-electron chi connectivity index (χ3n) is 1.76. The Morgan fingerprint density at radius 3 is 2.39 bits per heavy atom. The molecule has 0 aliphatic heterocycles. The average molecular weight is 300 g/mol. The highest BCUT2D eigenvalue weighted by Gasteiger charge is 2.15. The number of alkyl halides is 2. The van der Waals surface area contributed by atoms with Crippen molar-refractivity contribution in [3.05, 3.63) is 22.2 Å². The predicted octanol–water partition coefficient (Wildman–Crippen LogP) is 3.18. The first-order chi connectivity index (χ1) is 8.43. The highest BCUT2D eigenvalue weighted by molar-refractivity contribution is 6.37. The van der Waals surface area contributed by atoms with Crippen LogP contribution in [0.1, 0.15) is 0 Å². The molecule has 0 saturated carbocycles. The van der Waals surface area contributed by atoms with Gasteiger partial charge in [-0.2, -0.15) is 8.78 Å². The number of ether oxygens (including phenoxy) is 2. The van der Waals surface area contributed by atoms with E-state index in [2.05, 4.69) is 14.8 Å². The van der Waals surface area contributed by atoms with Gasteiger partial charge in [-0.25, -0.2) is 0 Å². The third kappa shape index (κ3) is 4.29. The topological polar surface area (TPSA) is 47.6 Å². The van der Waals surface area contributed by atoms with E-state index in [1.165, 1.54) is 19.2 Å². The van der Waals surface area contributed by atoms with Gasteiger partial charge in [-0.05, 0) is 12.1 Å². The largest absolute Gasteiger partial charge is 0.432 e. The Bertz CT molecular complexity index is 420. The summed E-state index contributed by atoms with van der Waals surface area (Å²) in [6, 6.07) is 2.50. The lowest BCUT2D eigenvalue weighted by atomic mass is 10.3. The van der Waals surface area contributed by atoms with Gasteiger partial charge in [-0.1, -0.05) is 23.2 Å². The summed E-state index contributed by atoms with van der Waals surface area (Å²) < 4.78 is 32.9. The van der Waals surface area contributed by atoms with E-state index in [0.717, 1.165) is 0 Å². The van der Waals surface area contributed by atoms with Crippen LogP contribution >= 0.6 is 23.2 Å². The Morgan fingerprint density at radius 1 is 1.39 bits per heavy atom. The summed E-state index contributed by atoms with van der Waals surface area (Å²) in [4.78, 5) is 11.2. The van der Waals surface area contributed by atoms with E-state index in [4.69, 9.17) is 23.2 Å². The van der Waals surface area contributed by atoms with Crippen molar-refractivity contribution in [2.24, 2.45) is 0 Å². The molecule has 0 unspecified atom stereocenters. The number of hydrogen-bond acceptors (Lipinski definition) is 3. The van der Waals surface area contributed by atoms with E-state index in [-0.39, 0.29) is 28.1 Å². The number of hydrogen-bond donors (Lipinski definition) is 1. The van der Waals surface area contributed by atoms with Gasteiger partial charge in [-0.3, -0.25) is 4.79 Å². The standard InChI is InChI=1S/C10H9Cl2F2NO3/c1-17-4-8(16)15-5-2-6(11)9(7(12)3-5)18-10(13)14/h2-3,10H,4H2,1H3,(H,15,16). The van der Waals surface area contributed by atoms with E-state index in [1.54, 1.807) is 0 Å². The SMILES string of the molecule is COCC(=O)Nc1cc(Cl)c(OC(F)F)c(Cl)c1. The molecule has 0 heterocycles. The van der Waals surface area contributed by atoms with Crippen LogP contribution in [0.2, 0.25) is 10.0 Å². The molecular weight excluding hydrogens is 291 g/mol. The number of carbonyl (C=O) groups excluding carboxylic acids is 1. The fraction of sp³-hybridized carbons (Fsp3) is 0.300. The van der Waals surface area contributed by atoms with Gasteiger partial charge in [0.25, 0.3) is 0 Å². The van der Waals surface area contributed by atoms with E-state index < -0.39 is 12.5 Å². The van der Waals surface area contributed by atoms with Gasteiger partial charge in [0.2, 0.25) is 5.91 Å². The quantitative estimate of drug-likeness (QED) is 0.908. The highest BCUT2D eigenvalue weighted by atomic mass is 35.5. The van der Waals surface area contributed by atoms with Gasteiger partial charge in [0, 0.05) is 12.8 Å². The number of anilines is 1. The van der Waals surface area contributed by atoms with Crippen molar-refractivity contribution in [3.8, 4) is 5.75 Å². The summed E-state index contributed by atoms with van der Waals surface area (Å²) in [6.07, 6.45) is 0. The summed E-state index contributed by atoms with van der Waals surface area (Å²) in [6.45, 7) is -3.18. The molecule has 0 fully saturated rings. The number of methoxy groups -OCH3 is 1. The van der Waals surface area contributed by atoms with Crippen LogP contribution in [-0.4, -0.2) is 26.2 Å². The lowest BCUT2D eigenvalue weighted by molar-refractivity contribution is -0.119. The summed E-state index contributed by atoms with van der Waals surface area (Å²) in [7, 11) is 1.36. The normalized spacial score (nSPS) is 10.6. The summed E-state index contributed by atoms with van der Waals surface area (Å²) in [5.41, 5.74) is 0.258. The fourth-order valence-corrected chi connectivity index (χ4v) is 1.74. The number of amides is 1. The Kier molecular flexibility index (Phi) is 5.58. The minimum Gasteiger partial charge on any atom is -0.432 e. The molecule has 18 heavy (non-hydrogen) atoms. The van der Waals surface area contributed by atoms with Crippen molar-refractivity contribution in [3.63, 3.8) is 0 Å². The van der Waals surface area contributed by atoms with Crippen molar-refractivity contribution in [1.29, 1.82) is 0 Å². The van der Waals surface area contributed by atoms with Crippen molar-refractivity contribution >= 4 is 34.8 Å². The van der Waals surface area contributed by atoms with Crippen LogP contribution in [0.5, 0.6) is 5.75 Å². The molecule has 1 aromatic carbocycles. The van der Waals surface area contributed by atoms with Crippen molar-refractivity contribution < 1.29 is 23.0 Å². The van der Waals surface area contributed by atoms with Gasteiger partial charge >= 0.3 is 6.61 Å². The summed E-state index contributed by atoms with van der Waals surface area (Å²) in [5, 5.41) is 2.17. The average Bonchev–Trinajstić information content (AvgIpc) is 2.23. The van der Waals surface area contributed by atoms with Crippen molar-refractivity contribution in [2.45, 2.75) is 6.61 Å². The third-order valence-corrected chi connectivity index (χ3v) is 2.33. The second-order valence-corrected chi connectivity index (χ2v) is 3.94. The van der Waals surface area contributed by atoms with Crippen LogP contribution in [-0.2, 0) is 9.53 Å². The number of carbonyl (C=O) groups is 1. The molecule has 100 valence electrons. The molecule has 0 aliphatic carbocycles. The van der Waals surface area contributed by atoms with Crippen LogP contribution in [0.15, 0.2) is 12.1 Å². The van der Waals surface area contributed by atoms with E-state index in [0.29, 0.717) is 0 Å². The second kappa shape index (κ2) is 6.72. The molecule has 0 atom stereocenters. The molecule has 0 radical (unpaired) electrons. The van der Waals surface area contributed by atoms with Gasteiger partial charge < -0.3 is 14.8 Å². The van der Waals surface area contributed by atoms with Crippen LogP contribution in [0.4, 0.5) is 14.5 Å². The molecule has 1 amide bonds. The maximum atomic E-state index is 12.1. The maximum absolute atomic E-state index is 12.1. The molecule has 4 nitrogen and oxygen atoms in total. The van der Waals surface area contributed by atoms with E-state index in [9.17, 15) is 13.6 Å². The molecule has 0 aromatic heterocycles. The summed E-state index contributed by atoms with van der Waals surface area (Å²) >= 11 is 11.4. The van der Waals surface area contributed by atoms with Crippen LogP contribution in [0, 0.1) is 0 Å². The zero-order chi connectivity index (χ0) is 13.7. The van der Waals surface area contributed by atoms with Crippen LogP contribution in [0.3, 0.4) is 0 Å². The molecule has 1 aromatic rings.